The molecule has 0 spiro atoms. The smallest absolute Gasteiger partial charge is 0.252 e. The molecule has 1 aromatic heterocycles. The number of imidazole rings is 1. The first-order valence-electron chi connectivity index (χ1n) is 8.61. The summed E-state index contributed by atoms with van der Waals surface area (Å²) in [5, 5.41) is 5.70. The zero-order valence-electron chi connectivity index (χ0n) is 14.7. The van der Waals surface area contributed by atoms with Crippen LogP contribution in [0.2, 0.25) is 0 Å². The molecule has 0 bridgehead atoms. The van der Waals surface area contributed by atoms with Crippen molar-refractivity contribution in [3.63, 3.8) is 0 Å². The Balaban J connectivity index is 1.45. The third-order valence-electron chi connectivity index (χ3n) is 4.94. The minimum Gasteiger partial charge on any atom is -0.350 e. The van der Waals surface area contributed by atoms with Gasteiger partial charge in [-0.05, 0) is 36.2 Å². The van der Waals surface area contributed by atoms with Gasteiger partial charge in [0.05, 0.1) is 11.0 Å². The molecule has 6 nitrogen and oxygen atoms in total. The molecule has 1 atom stereocenters. The van der Waals surface area contributed by atoms with E-state index < -0.39 is 6.04 Å². The van der Waals surface area contributed by atoms with Gasteiger partial charge in [-0.3, -0.25) is 9.59 Å². The van der Waals surface area contributed by atoms with Crippen LogP contribution in [-0.2, 0) is 24.8 Å². The van der Waals surface area contributed by atoms with Crippen molar-refractivity contribution in [3.05, 3.63) is 65.0 Å². The topological polar surface area (TPSA) is 76.0 Å². The lowest BCUT2D eigenvalue weighted by atomic mass is 9.95. The highest BCUT2D eigenvalue weighted by Gasteiger charge is 2.28. The van der Waals surface area contributed by atoms with Gasteiger partial charge in [0.15, 0.2) is 0 Å². The Morgan fingerprint density at radius 1 is 1.31 bits per heavy atom. The number of hydrogen-bond donors (Lipinski definition) is 2. The van der Waals surface area contributed by atoms with Crippen LogP contribution in [0.4, 0.5) is 0 Å². The summed E-state index contributed by atoms with van der Waals surface area (Å²) < 4.78 is 2.03. The molecule has 1 unspecified atom stereocenters. The Morgan fingerprint density at radius 3 is 2.96 bits per heavy atom. The maximum absolute atomic E-state index is 12.5. The fraction of sp³-hybridized carbons (Fsp3) is 0.250. The van der Waals surface area contributed by atoms with Gasteiger partial charge in [0.2, 0.25) is 5.91 Å². The van der Waals surface area contributed by atoms with Crippen molar-refractivity contribution >= 4 is 22.8 Å². The second kappa shape index (κ2) is 6.29. The van der Waals surface area contributed by atoms with Gasteiger partial charge in [-0.2, -0.15) is 0 Å². The molecule has 4 rings (SSSR count). The number of nitrogens with one attached hydrogen (secondary N) is 2. The van der Waals surface area contributed by atoms with E-state index in [-0.39, 0.29) is 11.8 Å². The Morgan fingerprint density at radius 2 is 2.12 bits per heavy atom. The molecule has 1 aliphatic heterocycles. The second-order valence-electron chi connectivity index (χ2n) is 6.65. The molecule has 0 aliphatic carbocycles. The molecule has 26 heavy (non-hydrogen) atoms. The van der Waals surface area contributed by atoms with E-state index in [2.05, 4.69) is 15.6 Å². The minimum atomic E-state index is -0.543. The number of aromatic nitrogens is 2. The van der Waals surface area contributed by atoms with Gasteiger partial charge >= 0.3 is 0 Å². The SMILES string of the molecule is Cc1nc2cc(CNC(=O)C3Cc4ccccc4C(=O)N3)ccc2n1C. The van der Waals surface area contributed by atoms with E-state index in [1.54, 1.807) is 6.07 Å². The molecular formula is C20H20N4O2. The lowest BCUT2D eigenvalue weighted by molar-refractivity contribution is -0.123. The van der Waals surface area contributed by atoms with Crippen molar-refractivity contribution in [1.82, 2.24) is 20.2 Å². The van der Waals surface area contributed by atoms with Gasteiger partial charge in [0.25, 0.3) is 5.91 Å². The van der Waals surface area contributed by atoms with E-state index in [0.29, 0.717) is 18.5 Å². The molecular weight excluding hydrogens is 328 g/mol. The summed E-state index contributed by atoms with van der Waals surface area (Å²) in [7, 11) is 1.98. The molecule has 0 radical (unpaired) electrons. The number of carbonyl (C=O) groups is 2. The summed E-state index contributed by atoms with van der Waals surface area (Å²) >= 11 is 0. The van der Waals surface area contributed by atoms with Gasteiger partial charge in [-0.15, -0.1) is 0 Å². The predicted molar refractivity (Wildman–Crippen MR) is 98.7 cm³/mol. The number of amides is 2. The zero-order valence-corrected chi connectivity index (χ0v) is 14.7. The Labute approximate surface area is 151 Å². The summed E-state index contributed by atoms with van der Waals surface area (Å²) in [4.78, 5) is 29.2. The normalized spacial score (nSPS) is 16.2. The number of fused-ring (bicyclic) bond motifs is 2. The molecule has 2 heterocycles. The van der Waals surface area contributed by atoms with Gasteiger partial charge in [-0.1, -0.05) is 24.3 Å². The van der Waals surface area contributed by atoms with Crippen LogP contribution in [0.15, 0.2) is 42.5 Å². The van der Waals surface area contributed by atoms with Crippen LogP contribution in [0, 0.1) is 6.92 Å². The average Bonchev–Trinajstić information content (AvgIpc) is 2.93. The van der Waals surface area contributed by atoms with Crippen molar-refractivity contribution in [1.29, 1.82) is 0 Å². The van der Waals surface area contributed by atoms with Gasteiger partial charge in [-0.25, -0.2) is 4.98 Å². The number of benzene rings is 2. The maximum atomic E-state index is 12.5. The van der Waals surface area contributed by atoms with Gasteiger partial charge < -0.3 is 15.2 Å². The van der Waals surface area contributed by atoms with Crippen LogP contribution in [0.5, 0.6) is 0 Å². The van der Waals surface area contributed by atoms with E-state index in [4.69, 9.17) is 0 Å². The van der Waals surface area contributed by atoms with Crippen LogP contribution in [-0.4, -0.2) is 27.4 Å². The van der Waals surface area contributed by atoms with E-state index >= 15 is 0 Å². The number of rotatable bonds is 3. The zero-order chi connectivity index (χ0) is 18.3. The van der Waals surface area contributed by atoms with Crippen LogP contribution < -0.4 is 10.6 Å². The largest absolute Gasteiger partial charge is 0.350 e. The summed E-state index contributed by atoms with van der Waals surface area (Å²) in [5.41, 5.74) is 4.51. The average molecular weight is 348 g/mol. The first-order chi connectivity index (χ1) is 12.5. The molecule has 1 aliphatic rings. The Kier molecular flexibility index (Phi) is 3.95. The molecule has 2 N–H and O–H groups in total. The van der Waals surface area contributed by atoms with Crippen molar-refractivity contribution in [2.75, 3.05) is 0 Å². The quantitative estimate of drug-likeness (QED) is 0.758. The standard InChI is InChI=1S/C20H20N4O2/c1-12-22-16-9-13(7-8-18(16)24(12)2)11-21-20(26)17-10-14-5-3-4-6-15(14)19(25)23-17/h3-9,17H,10-11H2,1-2H3,(H,21,26)(H,23,25). The third kappa shape index (κ3) is 2.83. The molecule has 2 amide bonds. The van der Waals surface area contributed by atoms with E-state index in [0.717, 1.165) is 28.0 Å². The summed E-state index contributed by atoms with van der Waals surface area (Å²) in [6, 6.07) is 12.8. The number of hydrogen-bond acceptors (Lipinski definition) is 3. The summed E-state index contributed by atoms with van der Waals surface area (Å²) in [5.74, 6) is 0.576. The van der Waals surface area contributed by atoms with Crippen LogP contribution in [0.1, 0.15) is 27.3 Å². The van der Waals surface area contributed by atoms with Crippen molar-refractivity contribution in [2.45, 2.75) is 25.9 Å². The van der Waals surface area contributed by atoms with Gasteiger partial charge in [0.1, 0.15) is 11.9 Å². The lowest BCUT2D eigenvalue weighted by Gasteiger charge is -2.24. The predicted octanol–water partition coefficient (Wildman–Crippen LogP) is 1.85. The van der Waals surface area contributed by atoms with Crippen LogP contribution >= 0.6 is 0 Å². The minimum absolute atomic E-state index is 0.176. The highest BCUT2D eigenvalue weighted by Crippen LogP contribution is 2.18. The molecule has 0 saturated carbocycles. The molecule has 0 fully saturated rings. The van der Waals surface area contributed by atoms with Crippen LogP contribution in [0.25, 0.3) is 11.0 Å². The van der Waals surface area contributed by atoms with Gasteiger partial charge in [0, 0.05) is 25.6 Å². The highest BCUT2D eigenvalue weighted by atomic mass is 16.2. The summed E-state index contributed by atoms with van der Waals surface area (Å²) in [6.07, 6.45) is 0.506. The number of nitrogens with zero attached hydrogens (tertiary/aromatic N) is 2. The molecule has 6 heteroatoms. The van der Waals surface area contributed by atoms with Crippen LogP contribution in [0.3, 0.4) is 0 Å². The van der Waals surface area contributed by atoms with Crippen molar-refractivity contribution in [2.24, 2.45) is 7.05 Å². The Bertz CT molecular complexity index is 1020. The van der Waals surface area contributed by atoms with E-state index in [1.807, 2.05) is 54.9 Å². The number of aryl methyl sites for hydroxylation is 2. The number of carbonyl (C=O) groups excluding carboxylic acids is 2. The van der Waals surface area contributed by atoms with Crippen molar-refractivity contribution in [3.8, 4) is 0 Å². The first-order valence-corrected chi connectivity index (χ1v) is 8.61. The highest BCUT2D eigenvalue weighted by molar-refractivity contribution is 6.00. The summed E-state index contributed by atoms with van der Waals surface area (Å²) in [6.45, 7) is 2.36. The van der Waals surface area contributed by atoms with E-state index in [9.17, 15) is 9.59 Å². The molecule has 3 aromatic rings. The van der Waals surface area contributed by atoms with E-state index in [1.165, 1.54) is 0 Å². The fourth-order valence-corrected chi connectivity index (χ4v) is 3.37. The third-order valence-corrected chi connectivity index (χ3v) is 4.94. The first kappa shape index (κ1) is 16.3. The molecule has 132 valence electrons. The monoisotopic (exact) mass is 348 g/mol. The fourth-order valence-electron chi connectivity index (χ4n) is 3.37. The second-order valence-corrected chi connectivity index (χ2v) is 6.65. The van der Waals surface area contributed by atoms with Crippen molar-refractivity contribution < 1.29 is 9.59 Å². The lowest BCUT2D eigenvalue weighted by Crippen LogP contribution is -2.50. The Hall–Kier alpha value is -3.15. The molecule has 0 saturated heterocycles. The maximum Gasteiger partial charge on any atom is 0.252 e. The molecule has 2 aromatic carbocycles.